The first-order valence-electron chi connectivity index (χ1n) is 4.89. The normalized spacial score (nSPS) is 9.82. The number of rotatable bonds is 4. The summed E-state index contributed by atoms with van der Waals surface area (Å²) in [7, 11) is 1.50. The summed E-state index contributed by atoms with van der Waals surface area (Å²) < 4.78 is 12.9. The van der Waals surface area contributed by atoms with E-state index in [9.17, 15) is 14.0 Å². The Morgan fingerprint density at radius 2 is 2.18 bits per heavy atom. The average molecular weight is 259 g/mol. The van der Waals surface area contributed by atoms with Crippen LogP contribution in [0.15, 0.2) is 24.3 Å². The molecule has 0 saturated carbocycles. The lowest BCUT2D eigenvalue weighted by molar-refractivity contribution is -0.123. The second-order valence-electron chi connectivity index (χ2n) is 3.34. The Morgan fingerprint density at radius 1 is 1.47 bits per heavy atom. The van der Waals surface area contributed by atoms with Gasteiger partial charge in [0.15, 0.2) is 0 Å². The molecule has 0 aliphatic heterocycles. The summed E-state index contributed by atoms with van der Waals surface area (Å²) in [6, 6.07) is 5.63. The minimum Gasteiger partial charge on any atom is -0.346 e. The Balaban J connectivity index is 2.60. The fourth-order valence-electron chi connectivity index (χ4n) is 1.17. The van der Waals surface area contributed by atoms with E-state index in [0.29, 0.717) is 5.69 Å². The lowest BCUT2D eigenvalue weighted by atomic mass is 10.3. The quantitative estimate of drug-likeness (QED) is 0.824. The molecule has 1 N–H and O–H groups in total. The van der Waals surface area contributed by atoms with Crippen LogP contribution in [0.5, 0.6) is 0 Å². The monoisotopic (exact) mass is 258 g/mol. The van der Waals surface area contributed by atoms with Gasteiger partial charge in [-0.3, -0.25) is 9.59 Å². The third-order valence-corrected chi connectivity index (χ3v) is 2.37. The van der Waals surface area contributed by atoms with Gasteiger partial charge in [0.1, 0.15) is 11.7 Å². The largest absolute Gasteiger partial charge is 0.346 e. The average Bonchev–Trinajstić information content (AvgIpc) is 2.34. The second-order valence-corrected chi connectivity index (χ2v) is 3.61. The Morgan fingerprint density at radius 3 is 2.76 bits per heavy atom. The molecule has 0 atom stereocenters. The van der Waals surface area contributed by atoms with E-state index in [1.54, 1.807) is 6.07 Å². The minimum atomic E-state index is -0.424. The number of likely N-dealkylation sites (N-methyl/N-ethyl adjacent to an activating group) is 1. The molecule has 6 heteroatoms. The van der Waals surface area contributed by atoms with Gasteiger partial charge < -0.3 is 10.2 Å². The second kappa shape index (κ2) is 6.20. The highest BCUT2D eigenvalue weighted by molar-refractivity contribution is 6.27. The highest BCUT2D eigenvalue weighted by Gasteiger charge is 2.12. The van der Waals surface area contributed by atoms with Crippen molar-refractivity contribution < 1.29 is 14.0 Å². The van der Waals surface area contributed by atoms with E-state index in [1.165, 1.54) is 30.1 Å². The van der Waals surface area contributed by atoms with Gasteiger partial charge in [0.25, 0.3) is 0 Å². The highest BCUT2D eigenvalue weighted by atomic mass is 35.5. The van der Waals surface area contributed by atoms with E-state index in [2.05, 4.69) is 5.32 Å². The molecule has 2 amide bonds. The number of benzene rings is 1. The number of anilines is 1. The molecular weight excluding hydrogens is 247 g/mol. The van der Waals surface area contributed by atoms with E-state index in [0.717, 1.165) is 0 Å². The zero-order valence-electron chi connectivity index (χ0n) is 9.24. The molecule has 1 rings (SSSR count). The number of nitrogens with zero attached hydrogens (tertiary/aromatic N) is 1. The van der Waals surface area contributed by atoms with Gasteiger partial charge in [-0.2, -0.15) is 0 Å². The third kappa shape index (κ3) is 4.03. The zero-order chi connectivity index (χ0) is 12.8. The first-order chi connectivity index (χ1) is 8.04. The zero-order valence-corrected chi connectivity index (χ0v) is 10.00. The van der Waals surface area contributed by atoms with Crippen LogP contribution in [-0.2, 0) is 9.59 Å². The lowest BCUT2D eigenvalue weighted by Gasteiger charge is -2.17. The molecule has 0 saturated heterocycles. The molecule has 0 heterocycles. The van der Waals surface area contributed by atoms with Crippen molar-refractivity contribution in [2.45, 2.75) is 0 Å². The third-order valence-electron chi connectivity index (χ3n) is 2.13. The minimum absolute atomic E-state index is 0.168. The molecule has 0 aliphatic rings. The predicted molar refractivity (Wildman–Crippen MR) is 63.5 cm³/mol. The Kier molecular flexibility index (Phi) is 4.90. The molecule has 0 radical (unpaired) electrons. The molecule has 0 spiro atoms. The van der Waals surface area contributed by atoms with Gasteiger partial charge in [0.2, 0.25) is 11.8 Å². The number of halogens is 2. The molecule has 0 unspecified atom stereocenters. The van der Waals surface area contributed by atoms with Crippen molar-refractivity contribution in [3.63, 3.8) is 0 Å². The number of carbonyl (C=O) groups excluding carboxylic acids is 2. The Labute approximate surface area is 103 Å². The fourth-order valence-corrected chi connectivity index (χ4v) is 1.26. The number of hydrogen-bond acceptors (Lipinski definition) is 2. The van der Waals surface area contributed by atoms with Crippen molar-refractivity contribution in [3.8, 4) is 0 Å². The predicted octanol–water partition coefficient (Wildman–Crippen LogP) is 1.14. The highest BCUT2D eigenvalue weighted by Crippen LogP contribution is 2.13. The number of amides is 2. The summed E-state index contributed by atoms with van der Waals surface area (Å²) in [4.78, 5) is 23.7. The van der Waals surface area contributed by atoms with Crippen LogP contribution in [0.4, 0.5) is 10.1 Å². The maximum Gasteiger partial charge on any atom is 0.246 e. The molecule has 0 bridgehead atoms. The standard InChI is InChI=1S/C11H12ClFN2O2/c1-15(9-4-2-3-8(13)5-9)11(17)7-14-10(16)6-12/h2-5H,6-7H2,1H3,(H,14,16). The van der Waals surface area contributed by atoms with Gasteiger partial charge >= 0.3 is 0 Å². The first kappa shape index (κ1) is 13.4. The molecule has 92 valence electrons. The van der Waals surface area contributed by atoms with Crippen molar-refractivity contribution in [3.05, 3.63) is 30.1 Å². The number of nitrogens with one attached hydrogen (secondary N) is 1. The first-order valence-corrected chi connectivity index (χ1v) is 5.43. The maximum atomic E-state index is 12.9. The van der Waals surface area contributed by atoms with Crippen molar-refractivity contribution in [2.24, 2.45) is 0 Å². The molecular formula is C11H12ClFN2O2. The van der Waals surface area contributed by atoms with Crippen molar-refractivity contribution in [1.29, 1.82) is 0 Å². The molecule has 17 heavy (non-hydrogen) atoms. The van der Waals surface area contributed by atoms with E-state index in [1.807, 2.05) is 0 Å². The van der Waals surface area contributed by atoms with Crippen LogP contribution in [-0.4, -0.2) is 31.3 Å². The van der Waals surface area contributed by atoms with Gasteiger partial charge in [-0.05, 0) is 18.2 Å². The van der Waals surface area contributed by atoms with Crippen LogP contribution in [0, 0.1) is 5.82 Å². The molecule has 1 aromatic rings. The molecule has 0 aromatic heterocycles. The molecule has 0 fully saturated rings. The van der Waals surface area contributed by atoms with E-state index in [4.69, 9.17) is 11.6 Å². The van der Waals surface area contributed by atoms with Gasteiger partial charge in [-0.1, -0.05) is 6.07 Å². The molecule has 0 aliphatic carbocycles. The Hall–Kier alpha value is -1.62. The summed E-state index contributed by atoms with van der Waals surface area (Å²) in [5, 5.41) is 2.34. The smallest absolute Gasteiger partial charge is 0.246 e. The maximum absolute atomic E-state index is 12.9. The van der Waals surface area contributed by atoms with Crippen molar-refractivity contribution in [1.82, 2.24) is 5.32 Å². The van der Waals surface area contributed by atoms with Crippen LogP contribution in [0.3, 0.4) is 0 Å². The summed E-state index contributed by atoms with van der Waals surface area (Å²) >= 11 is 5.27. The van der Waals surface area contributed by atoms with E-state index >= 15 is 0 Å². The van der Waals surface area contributed by atoms with Gasteiger partial charge in [0.05, 0.1) is 6.54 Å². The van der Waals surface area contributed by atoms with E-state index < -0.39 is 11.7 Å². The van der Waals surface area contributed by atoms with Crippen LogP contribution < -0.4 is 10.2 Å². The fraction of sp³-hybridized carbons (Fsp3) is 0.273. The van der Waals surface area contributed by atoms with Crippen LogP contribution in [0.25, 0.3) is 0 Å². The van der Waals surface area contributed by atoms with Gasteiger partial charge in [-0.25, -0.2) is 4.39 Å². The van der Waals surface area contributed by atoms with Crippen LogP contribution >= 0.6 is 11.6 Å². The summed E-state index contributed by atoms with van der Waals surface area (Å²) in [5.41, 5.74) is 0.426. The van der Waals surface area contributed by atoms with Crippen molar-refractivity contribution >= 4 is 29.1 Å². The van der Waals surface area contributed by atoms with Crippen molar-refractivity contribution in [2.75, 3.05) is 24.4 Å². The van der Waals surface area contributed by atoms with Gasteiger partial charge in [-0.15, -0.1) is 11.6 Å². The van der Waals surface area contributed by atoms with Gasteiger partial charge in [0, 0.05) is 12.7 Å². The molecule has 4 nitrogen and oxygen atoms in total. The molecule has 1 aromatic carbocycles. The van der Waals surface area contributed by atoms with Crippen LogP contribution in [0.1, 0.15) is 0 Å². The lowest BCUT2D eigenvalue weighted by Crippen LogP contribution is -2.38. The topological polar surface area (TPSA) is 49.4 Å². The summed E-state index contributed by atoms with van der Waals surface area (Å²) in [5.74, 6) is -1.40. The summed E-state index contributed by atoms with van der Waals surface area (Å²) in [6.07, 6.45) is 0. The summed E-state index contributed by atoms with van der Waals surface area (Å²) in [6.45, 7) is -0.168. The number of carbonyl (C=O) groups is 2. The number of hydrogen-bond donors (Lipinski definition) is 1. The van der Waals surface area contributed by atoms with Crippen LogP contribution in [0.2, 0.25) is 0 Å². The SMILES string of the molecule is CN(C(=O)CNC(=O)CCl)c1cccc(F)c1. The number of alkyl halides is 1. The van der Waals surface area contributed by atoms with E-state index in [-0.39, 0.29) is 18.3 Å². The Bertz CT molecular complexity index is 426.